The first-order valence-corrected chi connectivity index (χ1v) is 5.68. The maximum Gasteiger partial charge on any atom is -0.000556 e. The molecule has 2 fully saturated rings. The van der Waals surface area contributed by atoms with E-state index < -0.39 is 0 Å². The fraction of sp³-hybridized carbons (Fsp3) is 0.538. The third kappa shape index (κ3) is 1.79. The summed E-state index contributed by atoms with van der Waals surface area (Å²) >= 11 is 0. The van der Waals surface area contributed by atoms with Gasteiger partial charge in [-0.25, -0.2) is 0 Å². The molecule has 1 aliphatic heterocycles. The molecule has 1 N–H and O–H groups in total. The Hall–Kier alpha value is -0.530. The molecule has 2 heteroatoms. The van der Waals surface area contributed by atoms with Crippen LogP contribution >= 0.6 is 12.4 Å². The summed E-state index contributed by atoms with van der Waals surface area (Å²) in [5.74, 6) is 0.893. The van der Waals surface area contributed by atoms with Gasteiger partial charge in [-0.2, -0.15) is 0 Å². The van der Waals surface area contributed by atoms with Crippen molar-refractivity contribution in [3.8, 4) is 0 Å². The van der Waals surface area contributed by atoms with Gasteiger partial charge in [0.25, 0.3) is 0 Å². The summed E-state index contributed by atoms with van der Waals surface area (Å²) in [4.78, 5) is 0. The Bertz CT molecular complexity index is 313. The van der Waals surface area contributed by atoms with Gasteiger partial charge in [-0.05, 0) is 49.2 Å². The van der Waals surface area contributed by atoms with E-state index in [0.717, 1.165) is 5.92 Å². The van der Waals surface area contributed by atoms with E-state index in [-0.39, 0.29) is 12.4 Å². The van der Waals surface area contributed by atoms with E-state index in [0.29, 0.717) is 5.41 Å². The normalized spacial score (nSPS) is 27.1. The highest BCUT2D eigenvalue weighted by atomic mass is 35.5. The van der Waals surface area contributed by atoms with Crippen LogP contribution in [0, 0.1) is 5.92 Å². The van der Waals surface area contributed by atoms with Crippen LogP contribution in [0.3, 0.4) is 0 Å². The molecule has 1 aromatic carbocycles. The summed E-state index contributed by atoms with van der Waals surface area (Å²) in [7, 11) is 0. The fourth-order valence-electron chi connectivity index (χ4n) is 2.96. The maximum absolute atomic E-state index is 3.49. The van der Waals surface area contributed by atoms with Gasteiger partial charge in [0.1, 0.15) is 0 Å². The van der Waals surface area contributed by atoms with Gasteiger partial charge < -0.3 is 5.32 Å². The van der Waals surface area contributed by atoms with Crippen LogP contribution in [0.15, 0.2) is 30.3 Å². The quantitative estimate of drug-likeness (QED) is 0.813. The number of hydrogen-bond acceptors (Lipinski definition) is 1. The minimum absolute atomic E-state index is 0. The van der Waals surface area contributed by atoms with Crippen LogP contribution in [-0.4, -0.2) is 13.1 Å². The summed E-state index contributed by atoms with van der Waals surface area (Å²) in [6, 6.07) is 11.1. The van der Waals surface area contributed by atoms with Crippen molar-refractivity contribution in [2.45, 2.75) is 24.7 Å². The highest BCUT2D eigenvalue weighted by molar-refractivity contribution is 5.85. The van der Waals surface area contributed by atoms with Crippen LogP contribution in [0.4, 0.5) is 0 Å². The maximum atomic E-state index is 3.49. The Labute approximate surface area is 97.7 Å². The molecule has 1 nitrogen and oxygen atoms in total. The first-order valence-electron chi connectivity index (χ1n) is 5.68. The molecular formula is C13H18ClN. The molecule has 3 rings (SSSR count). The molecule has 1 aliphatic carbocycles. The molecule has 0 bridgehead atoms. The van der Waals surface area contributed by atoms with Crippen molar-refractivity contribution in [1.29, 1.82) is 0 Å². The lowest BCUT2D eigenvalue weighted by Crippen LogP contribution is -2.22. The van der Waals surface area contributed by atoms with E-state index in [1.54, 1.807) is 5.56 Å². The van der Waals surface area contributed by atoms with Crippen LogP contribution in [-0.2, 0) is 5.41 Å². The Morgan fingerprint density at radius 2 is 1.87 bits per heavy atom. The standard InChI is InChI=1S/C13H17N.ClH/c1-2-4-11(5-3-1)13(7-8-13)12-6-9-14-10-12;/h1-5,12,14H,6-10H2;1H. The summed E-state index contributed by atoms with van der Waals surface area (Å²) in [5.41, 5.74) is 2.14. The molecule has 1 heterocycles. The van der Waals surface area contributed by atoms with Crippen LogP contribution < -0.4 is 5.32 Å². The van der Waals surface area contributed by atoms with E-state index in [4.69, 9.17) is 0 Å². The van der Waals surface area contributed by atoms with Crippen LogP contribution in [0.2, 0.25) is 0 Å². The minimum atomic E-state index is 0. The molecule has 0 amide bonds. The predicted octanol–water partition coefficient (Wildman–Crippen LogP) is 2.75. The first-order chi connectivity index (χ1) is 6.92. The van der Waals surface area contributed by atoms with Gasteiger partial charge in [0, 0.05) is 0 Å². The van der Waals surface area contributed by atoms with Gasteiger partial charge in [-0.3, -0.25) is 0 Å². The summed E-state index contributed by atoms with van der Waals surface area (Å²) in [5, 5.41) is 3.49. The molecule has 0 spiro atoms. The molecule has 0 aromatic heterocycles. The number of rotatable bonds is 2. The first kappa shape index (κ1) is 11.0. The summed E-state index contributed by atoms with van der Waals surface area (Å²) in [6.07, 6.45) is 4.18. The largest absolute Gasteiger partial charge is 0.316 e. The van der Waals surface area contributed by atoms with E-state index in [1.165, 1.54) is 32.4 Å². The second-order valence-corrected chi connectivity index (χ2v) is 4.71. The van der Waals surface area contributed by atoms with Crippen molar-refractivity contribution in [2.24, 2.45) is 5.92 Å². The molecule has 1 atom stereocenters. The monoisotopic (exact) mass is 223 g/mol. The molecule has 1 aromatic rings. The SMILES string of the molecule is Cl.c1ccc(C2(C3CCNC3)CC2)cc1. The molecule has 1 saturated carbocycles. The zero-order valence-electron chi connectivity index (χ0n) is 8.91. The molecule has 15 heavy (non-hydrogen) atoms. The fourth-order valence-corrected chi connectivity index (χ4v) is 2.96. The van der Waals surface area contributed by atoms with Crippen molar-refractivity contribution in [3.63, 3.8) is 0 Å². The molecule has 82 valence electrons. The van der Waals surface area contributed by atoms with Crippen molar-refractivity contribution in [2.75, 3.05) is 13.1 Å². The van der Waals surface area contributed by atoms with Gasteiger partial charge in [0.15, 0.2) is 0 Å². The van der Waals surface area contributed by atoms with Crippen LogP contribution in [0.1, 0.15) is 24.8 Å². The zero-order chi connectivity index (χ0) is 9.43. The predicted molar refractivity (Wildman–Crippen MR) is 65.6 cm³/mol. The Balaban J connectivity index is 0.000000853. The smallest absolute Gasteiger partial charge is 0.000556 e. The Kier molecular flexibility index (Phi) is 3.03. The van der Waals surface area contributed by atoms with Crippen LogP contribution in [0.25, 0.3) is 0 Å². The van der Waals surface area contributed by atoms with Gasteiger partial charge in [-0.1, -0.05) is 30.3 Å². The summed E-state index contributed by atoms with van der Waals surface area (Å²) < 4.78 is 0. The molecule has 0 radical (unpaired) electrons. The highest BCUT2D eigenvalue weighted by Gasteiger charge is 2.50. The Morgan fingerprint density at radius 1 is 1.13 bits per heavy atom. The Morgan fingerprint density at radius 3 is 2.40 bits per heavy atom. The van der Waals surface area contributed by atoms with Crippen LogP contribution in [0.5, 0.6) is 0 Å². The highest BCUT2D eigenvalue weighted by Crippen LogP contribution is 2.55. The molecular weight excluding hydrogens is 206 g/mol. The van der Waals surface area contributed by atoms with Crippen molar-refractivity contribution < 1.29 is 0 Å². The molecule has 1 unspecified atom stereocenters. The average Bonchev–Trinajstić information content (AvgIpc) is 2.88. The zero-order valence-corrected chi connectivity index (χ0v) is 9.72. The third-order valence-corrected chi connectivity index (χ3v) is 3.98. The van der Waals surface area contributed by atoms with Crippen molar-refractivity contribution in [3.05, 3.63) is 35.9 Å². The lowest BCUT2D eigenvalue weighted by Gasteiger charge is -2.22. The molecule has 2 aliphatic rings. The lowest BCUT2D eigenvalue weighted by molar-refractivity contribution is 0.440. The van der Waals surface area contributed by atoms with Gasteiger partial charge in [0.2, 0.25) is 0 Å². The summed E-state index contributed by atoms with van der Waals surface area (Å²) in [6.45, 7) is 2.45. The van der Waals surface area contributed by atoms with Gasteiger partial charge >= 0.3 is 0 Å². The minimum Gasteiger partial charge on any atom is -0.316 e. The number of benzene rings is 1. The number of halogens is 1. The van der Waals surface area contributed by atoms with E-state index in [2.05, 4.69) is 35.6 Å². The average molecular weight is 224 g/mol. The van der Waals surface area contributed by atoms with Crippen molar-refractivity contribution in [1.82, 2.24) is 5.32 Å². The number of nitrogens with one attached hydrogen (secondary N) is 1. The van der Waals surface area contributed by atoms with Gasteiger partial charge in [-0.15, -0.1) is 12.4 Å². The number of hydrogen-bond donors (Lipinski definition) is 1. The third-order valence-electron chi connectivity index (χ3n) is 3.98. The van der Waals surface area contributed by atoms with E-state index >= 15 is 0 Å². The van der Waals surface area contributed by atoms with Crippen molar-refractivity contribution >= 4 is 12.4 Å². The molecule has 1 saturated heterocycles. The second kappa shape index (κ2) is 4.15. The topological polar surface area (TPSA) is 12.0 Å². The van der Waals surface area contributed by atoms with E-state index in [9.17, 15) is 0 Å². The van der Waals surface area contributed by atoms with Gasteiger partial charge in [0.05, 0.1) is 0 Å². The van der Waals surface area contributed by atoms with E-state index in [1.807, 2.05) is 0 Å². The second-order valence-electron chi connectivity index (χ2n) is 4.71. The lowest BCUT2D eigenvalue weighted by atomic mass is 9.82.